The number of carbonyl (C=O) groups is 3. The van der Waals surface area contributed by atoms with Crippen LogP contribution in [0, 0.1) is 5.92 Å². The second-order valence-electron chi connectivity index (χ2n) is 8.85. The molecule has 0 aromatic heterocycles. The molecule has 2 aromatic carbocycles. The monoisotopic (exact) mass is 491 g/mol. The zero-order valence-corrected chi connectivity index (χ0v) is 21.0. The molecular formula is C28H29NO7. The van der Waals surface area contributed by atoms with Crippen LogP contribution in [-0.4, -0.2) is 51.9 Å². The van der Waals surface area contributed by atoms with Gasteiger partial charge in [0.05, 0.1) is 34.0 Å². The normalized spacial score (nSPS) is 21.3. The highest BCUT2D eigenvalue weighted by Gasteiger charge is 2.44. The first-order chi connectivity index (χ1) is 17.3. The largest absolute Gasteiger partial charge is 0.493 e. The Kier molecular flexibility index (Phi) is 7.24. The Morgan fingerprint density at radius 1 is 0.861 bits per heavy atom. The van der Waals surface area contributed by atoms with Gasteiger partial charge in [0.15, 0.2) is 17.3 Å². The summed E-state index contributed by atoms with van der Waals surface area (Å²) in [7, 11) is 5.80. The van der Waals surface area contributed by atoms with E-state index in [1.54, 1.807) is 45.4 Å². The number of ether oxygens (including phenoxy) is 4. The van der Waals surface area contributed by atoms with E-state index in [0.717, 1.165) is 11.1 Å². The van der Waals surface area contributed by atoms with Crippen molar-refractivity contribution < 1.29 is 33.3 Å². The number of hydrogen-bond acceptors (Lipinski definition) is 8. The minimum absolute atomic E-state index is 0.0665. The van der Waals surface area contributed by atoms with Gasteiger partial charge in [0, 0.05) is 29.3 Å². The van der Waals surface area contributed by atoms with Gasteiger partial charge in [0.2, 0.25) is 0 Å². The van der Waals surface area contributed by atoms with Crippen LogP contribution in [0.25, 0.3) is 0 Å². The van der Waals surface area contributed by atoms with Crippen molar-refractivity contribution in [1.29, 1.82) is 0 Å². The van der Waals surface area contributed by atoms with Gasteiger partial charge in [-0.1, -0.05) is 18.2 Å². The minimum Gasteiger partial charge on any atom is -0.493 e. The molecule has 1 aliphatic heterocycles. The molecule has 188 valence electrons. The number of nitrogens with zero attached hydrogens (tertiary/aromatic N) is 1. The Balaban J connectivity index is 1.77. The van der Waals surface area contributed by atoms with Crippen molar-refractivity contribution in [3.8, 4) is 11.5 Å². The van der Waals surface area contributed by atoms with Gasteiger partial charge < -0.3 is 18.9 Å². The zero-order chi connectivity index (χ0) is 26.0. The lowest BCUT2D eigenvalue weighted by molar-refractivity contribution is -0.143. The summed E-state index contributed by atoms with van der Waals surface area (Å²) in [5, 5.41) is 0. The van der Waals surface area contributed by atoms with E-state index in [9.17, 15) is 14.4 Å². The molecule has 0 bridgehead atoms. The molecule has 2 aromatic rings. The summed E-state index contributed by atoms with van der Waals surface area (Å²) in [4.78, 5) is 43.1. The molecule has 0 saturated carbocycles. The average Bonchev–Trinajstić information content (AvgIpc) is 2.90. The highest BCUT2D eigenvalue weighted by atomic mass is 16.5. The molecular weight excluding hydrogens is 462 g/mol. The summed E-state index contributed by atoms with van der Waals surface area (Å²) in [5.41, 5.74) is 3.86. The summed E-state index contributed by atoms with van der Waals surface area (Å²) >= 11 is 0. The standard InChI is InChI=1S/C28H29NO7/c1-15-24(28(32)36-5)25(16-6-8-17(9-7-16)27(31)35-4)26-20(29-15)12-19(13-21(26)30)18-10-11-22(33-2)23(14-18)34-3/h6-11,14,19,24-25H,12-13H2,1-5H3/t19-,24?,25-/m1/s1. The van der Waals surface area contributed by atoms with Gasteiger partial charge in [-0.25, -0.2) is 4.79 Å². The van der Waals surface area contributed by atoms with Gasteiger partial charge in [-0.3, -0.25) is 14.6 Å². The van der Waals surface area contributed by atoms with E-state index in [1.807, 2.05) is 18.2 Å². The van der Waals surface area contributed by atoms with Gasteiger partial charge in [0.1, 0.15) is 5.92 Å². The predicted molar refractivity (Wildman–Crippen MR) is 133 cm³/mol. The number of carbonyl (C=O) groups excluding carboxylic acids is 3. The first-order valence-corrected chi connectivity index (χ1v) is 11.6. The van der Waals surface area contributed by atoms with Crippen molar-refractivity contribution in [1.82, 2.24) is 0 Å². The third-order valence-electron chi connectivity index (χ3n) is 6.91. The van der Waals surface area contributed by atoms with Crippen molar-refractivity contribution in [2.75, 3.05) is 28.4 Å². The smallest absolute Gasteiger partial charge is 0.337 e. The Morgan fingerprint density at radius 3 is 2.14 bits per heavy atom. The number of Topliss-reactive ketones (excluding diaryl/α,β-unsaturated/α-hetero) is 1. The fourth-order valence-electron chi connectivity index (χ4n) is 5.14. The van der Waals surface area contributed by atoms with Crippen LogP contribution in [0.5, 0.6) is 11.5 Å². The van der Waals surface area contributed by atoms with Crippen LogP contribution in [-0.2, 0) is 19.1 Å². The number of allylic oxidation sites excluding steroid dienone is 2. The van der Waals surface area contributed by atoms with Crippen LogP contribution in [0.2, 0.25) is 0 Å². The molecule has 0 saturated heterocycles. The lowest BCUT2D eigenvalue weighted by atomic mass is 9.69. The highest BCUT2D eigenvalue weighted by Crippen LogP contribution is 2.47. The first-order valence-electron chi connectivity index (χ1n) is 11.6. The molecule has 0 spiro atoms. The van der Waals surface area contributed by atoms with Crippen molar-refractivity contribution >= 4 is 23.4 Å². The first kappa shape index (κ1) is 25.2. The Morgan fingerprint density at radius 2 is 1.53 bits per heavy atom. The number of aliphatic imine (C=N–C) groups is 1. The van der Waals surface area contributed by atoms with Crippen LogP contribution in [0.1, 0.15) is 53.1 Å². The van der Waals surface area contributed by atoms with Crippen LogP contribution in [0.3, 0.4) is 0 Å². The molecule has 1 aliphatic carbocycles. The highest BCUT2D eigenvalue weighted by molar-refractivity contribution is 6.09. The van der Waals surface area contributed by atoms with E-state index in [0.29, 0.717) is 40.5 Å². The Hall–Kier alpha value is -3.94. The number of methoxy groups -OCH3 is 4. The topological polar surface area (TPSA) is 100 Å². The molecule has 1 heterocycles. The Bertz CT molecular complexity index is 1260. The fourth-order valence-corrected chi connectivity index (χ4v) is 5.14. The third-order valence-corrected chi connectivity index (χ3v) is 6.91. The average molecular weight is 492 g/mol. The van der Waals surface area contributed by atoms with E-state index in [4.69, 9.17) is 23.9 Å². The van der Waals surface area contributed by atoms with E-state index in [-0.39, 0.29) is 18.1 Å². The zero-order valence-electron chi connectivity index (χ0n) is 21.0. The second-order valence-corrected chi connectivity index (χ2v) is 8.85. The maximum atomic E-state index is 13.6. The maximum Gasteiger partial charge on any atom is 0.337 e. The molecule has 4 rings (SSSR count). The van der Waals surface area contributed by atoms with E-state index >= 15 is 0 Å². The molecule has 2 aliphatic rings. The van der Waals surface area contributed by atoms with E-state index in [2.05, 4.69) is 0 Å². The number of rotatable bonds is 6. The van der Waals surface area contributed by atoms with Crippen molar-refractivity contribution in [2.24, 2.45) is 10.9 Å². The van der Waals surface area contributed by atoms with E-state index < -0.39 is 23.8 Å². The van der Waals surface area contributed by atoms with Crippen LogP contribution < -0.4 is 9.47 Å². The molecule has 0 amide bonds. The minimum atomic E-state index is -0.737. The molecule has 0 N–H and O–H groups in total. The molecule has 0 radical (unpaired) electrons. The molecule has 1 unspecified atom stereocenters. The van der Waals surface area contributed by atoms with Crippen molar-refractivity contribution in [3.63, 3.8) is 0 Å². The van der Waals surface area contributed by atoms with Crippen LogP contribution in [0.4, 0.5) is 0 Å². The van der Waals surface area contributed by atoms with Crippen LogP contribution >= 0.6 is 0 Å². The summed E-state index contributed by atoms with van der Waals surface area (Å²) in [6.07, 6.45) is 0.812. The predicted octanol–water partition coefficient (Wildman–Crippen LogP) is 4.24. The second kappa shape index (κ2) is 10.4. The number of hydrogen-bond donors (Lipinski definition) is 0. The summed E-state index contributed by atoms with van der Waals surface area (Å²) in [6.45, 7) is 1.78. The lowest BCUT2D eigenvalue weighted by Gasteiger charge is -2.36. The van der Waals surface area contributed by atoms with Gasteiger partial charge in [-0.05, 0) is 54.7 Å². The van der Waals surface area contributed by atoms with Crippen molar-refractivity contribution in [2.45, 2.75) is 31.6 Å². The van der Waals surface area contributed by atoms with Gasteiger partial charge in [0.25, 0.3) is 0 Å². The van der Waals surface area contributed by atoms with Crippen LogP contribution in [0.15, 0.2) is 58.7 Å². The summed E-state index contributed by atoms with van der Waals surface area (Å²) < 4.78 is 20.7. The van der Waals surface area contributed by atoms with Gasteiger partial charge in [-0.15, -0.1) is 0 Å². The maximum absolute atomic E-state index is 13.6. The quantitative estimate of drug-likeness (QED) is 0.557. The summed E-state index contributed by atoms with van der Waals surface area (Å²) in [5.74, 6) is -1.16. The number of benzene rings is 2. The van der Waals surface area contributed by atoms with Gasteiger partial charge >= 0.3 is 11.9 Å². The molecule has 8 nitrogen and oxygen atoms in total. The van der Waals surface area contributed by atoms with Gasteiger partial charge in [-0.2, -0.15) is 0 Å². The molecule has 3 atom stereocenters. The van der Waals surface area contributed by atoms with E-state index in [1.165, 1.54) is 14.2 Å². The number of ketones is 1. The fraction of sp³-hybridized carbons (Fsp3) is 0.357. The lowest BCUT2D eigenvalue weighted by Crippen LogP contribution is -2.37. The number of esters is 2. The Labute approximate surface area is 209 Å². The summed E-state index contributed by atoms with van der Waals surface area (Å²) in [6, 6.07) is 12.4. The third kappa shape index (κ3) is 4.51. The molecule has 8 heteroatoms. The molecule has 36 heavy (non-hydrogen) atoms. The SMILES string of the molecule is COC(=O)c1ccc([C@H]2C3=C(C[C@@H](c4ccc(OC)c(OC)c4)CC3=O)N=C(C)C2C(=O)OC)cc1. The molecule has 0 fully saturated rings. The van der Waals surface area contributed by atoms with Crippen molar-refractivity contribution in [3.05, 3.63) is 70.4 Å².